The Balaban J connectivity index is 2.91. The molecule has 0 spiro atoms. The van der Waals surface area contributed by atoms with Gasteiger partial charge in [0, 0.05) is 0 Å². The Hall–Kier alpha value is -2.35. The van der Waals surface area contributed by atoms with Crippen LogP contribution in [0.4, 0.5) is 0 Å². The molecule has 0 amide bonds. The molecule has 0 saturated carbocycles. The molecule has 0 saturated heterocycles. The summed E-state index contributed by atoms with van der Waals surface area (Å²) in [7, 11) is 0. The quantitative estimate of drug-likeness (QED) is 0.796. The molecule has 0 aliphatic rings. The molecule has 0 N–H and O–H groups in total. The Kier molecular flexibility index (Phi) is 5.48. The predicted octanol–water partition coefficient (Wildman–Crippen LogP) is 2.81. The summed E-state index contributed by atoms with van der Waals surface area (Å²) in [4.78, 5) is 23.5. The third-order valence-electron chi connectivity index (χ3n) is 2.53. The second-order valence-electron chi connectivity index (χ2n) is 5.44. The van der Waals surface area contributed by atoms with Crippen molar-refractivity contribution in [2.75, 3.05) is 6.61 Å². The molecule has 0 aliphatic heterocycles. The van der Waals surface area contributed by atoms with Crippen molar-refractivity contribution in [2.45, 2.75) is 39.2 Å². The van der Waals surface area contributed by atoms with Gasteiger partial charge >= 0.3 is 11.9 Å². The number of hydrogen-bond acceptors (Lipinski definition) is 5. The van der Waals surface area contributed by atoms with Crippen molar-refractivity contribution < 1.29 is 19.1 Å². The first-order valence-electron chi connectivity index (χ1n) is 6.68. The second-order valence-corrected chi connectivity index (χ2v) is 5.44. The van der Waals surface area contributed by atoms with Gasteiger partial charge in [-0.05, 0) is 45.4 Å². The maximum Gasteiger partial charge on any atom is 0.338 e. The largest absolute Gasteiger partial charge is 0.462 e. The minimum absolute atomic E-state index is 0.291. The van der Waals surface area contributed by atoms with Crippen molar-refractivity contribution in [1.82, 2.24) is 0 Å². The lowest BCUT2D eigenvalue weighted by atomic mass is 9.99. The summed E-state index contributed by atoms with van der Waals surface area (Å²) in [5.74, 6) is -2.05. The van der Waals surface area contributed by atoms with Crippen LogP contribution >= 0.6 is 0 Å². The first kappa shape index (κ1) is 16.7. The third-order valence-corrected chi connectivity index (χ3v) is 2.53. The molecule has 1 aromatic carbocycles. The van der Waals surface area contributed by atoms with Crippen LogP contribution in [0.25, 0.3) is 0 Å². The molecule has 0 aliphatic carbocycles. The molecule has 5 heteroatoms. The van der Waals surface area contributed by atoms with E-state index in [0.29, 0.717) is 17.7 Å². The lowest BCUT2D eigenvalue weighted by Crippen LogP contribution is -2.27. The zero-order chi connectivity index (χ0) is 16.0. The van der Waals surface area contributed by atoms with Crippen LogP contribution in [0.2, 0.25) is 0 Å². The first-order chi connectivity index (χ1) is 9.78. The Morgan fingerprint density at radius 1 is 1.24 bits per heavy atom. The van der Waals surface area contributed by atoms with Crippen LogP contribution in [0.1, 0.15) is 49.5 Å². The minimum Gasteiger partial charge on any atom is -0.462 e. The minimum atomic E-state index is -1.01. The Bertz CT molecular complexity index is 549. The van der Waals surface area contributed by atoms with Gasteiger partial charge in [0.05, 0.1) is 18.2 Å². The molecule has 0 bridgehead atoms. The van der Waals surface area contributed by atoms with E-state index >= 15 is 0 Å². The van der Waals surface area contributed by atoms with Crippen LogP contribution < -0.4 is 0 Å². The van der Waals surface area contributed by atoms with E-state index in [2.05, 4.69) is 0 Å². The van der Waals surface area contributed by atoms with E-state index in [-0.39, 0.29) is 0 Å². The molecule has 1 unspecified atom stereocenters. The van der Waals surface area contributed by atoms with Crippen molar-refractivity contribution in [3.8, 4) is 6.07 Å². The van der Waals surface area contributed by atoms with E-state index in [4.69, 9.17) is 14.7 Å². The summed E-state index contributed by atoms with van der Waals surface area (Å²) in [5, 5.41) is 9.17. The van der Waals surface area contributed by atoms with Gasteiger partial charge in [-0.25, -0.2) is 4.79 Å². The van der Waals surface area contributed by atoms with Crippen molar-refractivity contribution in [3.63, 3.8) is 0 Å². The molecule has 5 nitrogen and oxygen atoms in total. The van der Waals surface area contributed by atoms with Gasteiger partial charge in [-0.1, -0.05) is 12.1 Å². The Labute approximate surface area is 124 Å². The highest BCUT2D eigenvalue weighted by Gasteiger charge is 2.26. The fourth-order valence-electron chi connectivity index (χ4n) is 1.65. The number of carbonyl (C=O) groups is 2. The zero-order valence-corrected chi connectivity index (χ0v) is 12.7. The Morgan fingerprint density at radius 2 is 1.81 bits per heavy atom. The SMILES string of the molecule is CCOC(=O)c1ccc(C(C#N)C(=O)OC(C)(C)C)cc1. The van der Waals surface area contributed by atoms with Gasteiger partial charge in [-0.15, -0.1) is 0 Å². The summed E-state index contributed by atoms with van der Waals surface area (Å²) in [5.41, 5.74) is 0.207. The smallest absolute Gasteiger partial charge is 0.338 e. The summed E-state index contributed by atoms with van der Waals surface area (Å²) >= 11 is 0. The average molecular weight is 289 g/mol. The van der Waals surface area contributed by atoms with Crippen LogP contribution in [0, 0.1) is 11.3 Å². The summed E-state index contributed by atoms with van der Waals surface area (Å²) in [6.07, 6.45) is 0. The van der Waals surface area contributed by atoms with Crippen LogP contribution in [0.15, 0.2) is 24.3 Å². The number of nitriles is 1. The summed E-state index contributed by atoms with van der Waals surface area (Å²) in [6.45, 7) is 7.23. The average Bonchev–Trinajstić information content (AvgIpc) is 2.38. The molecule has 0 fully saturated rings. The van der Waals surface area contributed by atoms with Crippen LogP contribution in [-0.2, 0) is 14.3 Å². The van der Waals surface area contributed by atoms with Crippen LogP contribution in [0.5, 0.6) is 0 Å². The maximum absolute atomic E-state index is 12.0. The topological polar surface area (TPSA) is 76.4 Å². The van der Waals surface area contributed by atoms with Crippen molar-refractivity contribution >= 4 is 11.9 Å². The van der Waals surface area contributed by atoms with Crippen molar-refractivity contribution in [1.29, 1.82) is 5.26 Å². The highest BCUT2D eigenvalue weighted by atomic mass is 16.6. The number of nitrogens with zero attached hydrogens (tertiary/aromatic N) is 1. The Morgan fingerprint density at radius 3 is 2.24 bits per heavy atom. The molecule has 1 aromatic rings. The highest BCUT2D eigenvalue weighted by molar-refractivity contribution is 5.89. The van der Waals surface area contributed by atoms with E-state index in [1.165, 1.54) is 12.1 Å². The molecule has 0 radical (unpaired) electrons. The number of benzene rings is 1. The molecular weight excluding hydrogens is 270 g/mol. The van der Waals surface area contributed by atoms with Gasteiger partial charge in [0.15, 0.2) is 5.92 Å². The number of hydrogen-bond donors (Lipinski definition) is 0. The summed E-state index contributed by atoms with van der Waals surface area (Å²) in [6, 6.07) is 8.10. The predicted molar refractivity (Wildman–Crippen MR) is 76.6 cm³/mol. The van der Waals surface area contributed by atoms with Gasteiger partial charge < -0.3 is 9.47 Å². The van der Waals surface area contributed by atoms with E-state index in [1.54, 1.807) is 39.8 Å². The van der Waals surface area contributed by atoms with Crippen LogP contribution in [0.3, 0.4) is 0 Å². The van der Waals surface area contributed by atoms with Gasteiger partial charge in [0.25, 0.3) is 0 Å². The van der Waals surface area contributed by atoms with E-state index < -0.39 is 23.5 Å². The summed E-state index contributed by atoms with van der Waals surface area (Å²) < 4.78 is 10.1. The monoisotopic (exact) mass is 289 g/mol. The molecule has 1 atom stereocenters. The molecule has 0 aromatic heterocycles. The van der Waals surface area contributed by atoms with Crippen molar-refractivity contribution in [2.24, 2.45) is 0 Å². The highest BCUT2D eigenvalue weighted by Crippen LogP contribution is 2.21. The standard InChI is InChI=1S/C16H19NO4/c1-5-20-14(18)12-8-6-11(7-9-12)13(10-17)15(19)21-16(2,3)4/h6-9,13H,5H2,1-4H3. The van der Waals surface area contributed by atoms with Crippen molar-refractivity contribution in [3.05, 3.63) is 35.4 Å². The second kappa shape index (κ2) is 6.89. The lowest BCUT2D eigenvalue weighted by Gasteiger charge is -2.21. The zero-order valence-electron chi connectivity index (χ0n) is 12.7. The third kappa shape index (κ3) is 4.92. The fourth-order valence-corrected chi connectivity index (χ4v) is 1.65. The van der Waals surface area contributed by atoms with Gasteiger partial charge in [-0.3, -0.25) is 4.79 Å². The van der Waals surface area contributed by atoms with Gasteiger partial charge in [0.1, 0.15) is 5.60 Å². The molecular formula is C16H19NO4. The molecule has 1 rings (SSSR count). The molecule has 21 heavy (non-hydrogen) atoms. The number of ether oxygens (including phenoxy) is 2. The van der Waals surface area contributed by atoms with Gasteiger partial charge in [0.2, 0.25) is 0 Å². The number of esters is 2. The maximum atomic E-state index is 12.0. The van der Waals surface area contributed by atoms with Crippen LogP contribution in [-0.4, -0.2) is 24.1 Å². The molecule has 112 valence electrons. The van der Waals surface area contributed by atoms with E-state index in [9.17, 15) is 9.59 Å². The lowest BCUT2D eigenvalue weighted by molar-refractivity contribution is -0.155. The molecule has 0 heterocycles. The van der Waals surface area contributed by atoms with E-state index in [0.717, 1.165) is 0 Å². The van der Waals surface area contributed by atoms with E-state index in [1.807, 2.05) is 6.07 Å². The van der Waals surface area contributed by atoms with Gasteiger partial charge in [-0.2, -0.15) is 5.26 Å². The fraction of sp³-hybridized carbons (Fsp3) is 0.438. The number of carbonyl (C=O) groups excluding carboxylic acids is 2. The first-order valence-corrected chi connectivity index (χ1v) is 6.68. The normalized spacial score (nSPS) is 12.1. The number of rotatable bonds is 4.